The van der Waals surface area contributed by atoms with Crippen LogP contribution < -0.4 is 0 Å². The standard InChI is InChI=1S/C11H17NO5/c13-7-2-1-5-12(6-7)10(14)8-3-4-9(17-8)11(15)16/h7-9,13H,1-6H2,(H,15,16). The van der Waals surface area contributed by atoms with E-state index >= 15 is 0 Å². The Labute approximate surface area is 99.2 Å². The lowest BCUT2D eigenvalue weighted by Gasteiger charge is -2.31. The molecule has 0 aromatic carbocycles. The van der Waals surface area contributed by atoms with Crippen LogP contribution >= 0.6 is 0 Å². The first kappa shape index (κ1) is 12.3. The molecule has 2 N–H and O–H groups in total. The number of hydrogen-bond donors (Lipinski definition) is 2. The highest BCUT2D eigenvalue weighted by atomic mass is 16.5. The first-order valence-electron chi connectivity index (χ1n) is 5.93. The Morgan fingerprint density at radius 2 is 1.88 bits per heavy atom. The molecule has 0 saturated carbocycles. The number of carbonyl (C=O) groups excluding carboxylic acids is 1. The number of piperidine rings is 1. The van der Waals surface area contributed by atoms with E-state index in [4.69, 9.17) is 9.84 Å². The Morgan fingerprint density at radius 1 is 1.18 bits per heavy atom. The molecule has 1 amide bonds. The number of amides is 1. The molecule has 0 aliphatic carbocycles. The second-order valence-electron chi connectivity index (χ2n) is 4.61. The van der Waals surface area contributed by atoms with Gasteiger partial charge in [-0.3, -0.25) is 4.79 Å². The van der Waals surface area contributed by atoms with Crippen LogP contribution in [-0.2, 0) is 14.3 Å². The highest BCUT2D eigenvalue weighted by Gasteiger charge is 2.37. The van der Waals surface area contributed by atoms with Crippen LogP contribution in [0, 0.1) is 0 Å². The number of rotatable bonds is 2. The van der Waals surface area contributed by atoms with Crippen LogP contribution in [0.3, 0.4) is 0 Å². The van der Waals surface area contributed by atoms with Crippen molar-refractivity contribution in [3.05, 3.63) is 0 Å². The van der Waals surface area contributed by atoms with E-state index in [1.54, 1.807) is 4.90 Å². The van der Waals surface area contributed by atoms with Crippen LogP contribution in [0.5, 0.6) is 0 Å². The van der Waals surface area contributed by atoms with E-state index in [0.717, 1.165) is 6.42 Å². The van der Waals surface area contributed by atoms with Gasteiger partial charge >= 0.3 is 5.97 Å². The monoisotopic (exact) mass is 243 g/mol. The summed E-state index contributed by atoms with van der Waals surface area (Å²) in [6.45, 7) is 0.948. The summed E-state index contributed by atoms with van der Waals surface area (Å²) in [6.07, 6.45) is 0.337. The summed E-state index contributed by atoms with van der Waals surface area (Å²) < 4.78 is 5.20. The van der Waals surface area contributed by atoms with Crippen molar-refractivity contribution < 1.29 is 24.5 Å². The fourth-order valence-electron chi connectivity index (χ4n) is 2.36. The average Bonchev–Trinajstić information content (AvgIpc) is 2.77. The molecule has 6 heteroatoms. The molecule has 0 aromatic rings. The van der Waals surface area contributed by atoms with E-state index in [1.807, 2.05) is 0 Å². The number of nitrogens with zero attached hydrogens (tertiary/aromatic N) is 1. The summed E-state index contributed by atoms with van der Waals surface area (Å²) in [4.78, 5) is 24.3. The van der Waals surface area contributed by atoms with Crippen molar-refractivity contribution in [2.45, 2.75) is 44.0 Å². The normalized spacial score (nSPS) is 33.7. The number of aliphatic hydroxyl groups excluding tert-OH is 1. The lowest BCUT2D eigenvalue weighted by molar-refractivity contribution is -0.156. The second kappa shape index (κ2) is 5.01. The second-order valence-corrected chi connectivity index (χ2v) is 4.61. The third-order valence-electron chi connectivity index (χ3n) is 3.28. The molecular formula is C11H17NO5. The maximum atomic E-state index is 12.0. The number of ether oxygens (including phenoxy) is 1. The Morgan fingerprint density at radius 3 is 2.47 bits per heavy atom. The van der Waals surface area contributed by atoms with Gasteiger partial charge in [-0.25, -0.2) is 4.79 Å². The Kier molecular flexibility index (Phi) is 3.63. The zero-order valence-corrected chi connectivity index (χ0v) is 9.54. The van der Waals surface area contributed by atoms with Crippen molar-refractivity contribution in [2.24, 2.45) is 0 Å². The van der Waals surface area contributed by atoms with Crippen molar-refractivity contribution in [3.63, 3.8) is 0 Å². The van der Waals surface area contributed by atoms with Gasteiger partial charge in [-0.15, -0.1) is 0 Å². The minimum absolute atomic E-state index is 0.187. The lowest BCUT2D eigenvalue weighted by Crippen LogP contribution is -2.46. The average molecular weight is 243 g/mol. The molecule has 2 aliphatic heterocycles. The molecular weight excluding hydrogens is 226 g/mol. The summed E-state index contributed by atoms with van der Waals surface area (Å²) in [7, 11) is 0. The minimum atomic E-state index is -1.01. The van der Waals surface area contributed by atoms with Gasteiger partial charge in [0.15, 0.2) is 6.10 Å². The number of hydrogen-bond acceptors (Lipinski definition) is 4. The van der Waals surface area contributed by atoms with Crippen LogP contribution in [-0.4, -0.2) is 58.4 Å². The van der Waals surface area contributed by atoms with Crippen LogP contribution in [0.25, 0.3) is 0 Å². The highest BCUT2D eigenvalue weighted by molar-refractivity contribution is 5.82. The molecule has 2 aliphatic rings. The molecule has 0 spiro atoms. The molecule has 2 heterocycles. The number of likely N-dealkylation sites (tertiary alicyclic amines) is 1. The van der Waals surface area contributed by atoms with E-state index in [9.17, 15) is 14.7 Å². The van der Waals surface area contributed by atoms with Crippen LogP contribution in [0.2, 0.25) is 0 Å². The van der Waals surface area contributed by atoms with Gasteiger partial charge in [0, 0.05) is 13.1 Å². The number of aliphatic carboxylic acids is 1. The Hall–Kier alpha value is -1.14. The van der Waals surface area contributed by atoms with Crippen LogP contribution in [0.4, 0.5) is 0 Å². The van der Waals surface area contributed by atoms with Crippen molar-refractivity contribution >= 4 is 11.9 Å². The summed E-state index contributed by atoms with van der Waals surface area (Å²) in [5.74, 6) is -1.20. The lowest BCUT2D eigenvalue weighted by atomic mass is 10.1. The topological polar surface area (TPSA) is 87.1 Å². The molecule has 0 bridgehead atoms. The van der Waals surface area contributed by atoms with Crippen LogP contribution in [0.15, 0.2) is 0 Å². The van der Waals surface area contributed by atoms with Gasteiger partial charge in [0.2, 0.25) is 0 Å². The summed E-state index contributed by atoms with van der Waals surface area (Å²) >= 11 is 0. The van der Waals surface area contributed by atoms with Gasteiger partial charge in [-0.05, 0) is 25.7 Å². The molecule has 96 valence electrons. The Balaban J connectivity index is 1.90. The number of carboxylic acids is 1. The van der Waals surface area contributed by atoms with Gasteiger partial charge < -0.3 is 19.8 Å². The highest BCUT2D eigenvalue weighted by Crippen LogP contribution is 2.23. The maximum Gasteiger partial charge on any atom is 0.332 e. The predicted molar refractivity (Wildman–Crippen MR) is 57.4 cm³/mol. The maximum absolute atomic E-state index is 12.0. The molecule has 2 rings (SSSR count). The third kappa shape index (κ3) is 2.76. The number of aliphatic hydroxyl groups is 1. The molecule has 3 atom stereocenters. The summed E-state index contributed by atoms with van der Waals surface area (Å²) in [6, 6.07) is 0. The number of carboxylic acid groups (broad SMARTS) is 1. The summed E-state index contributed by atoms with van der Waals surface area (Å²) in [5.41, 5.74) is 0. The van der Waals surface area contributed by atoms with Gasteiger partial charge in [-0.2, -0.15) is 0 Å². The van der Waals surface area contributed by atoms with E-state index in [2.05, 4.69) is 0 Å². The SMILES string of the molecule is O=C(O)C1CCC(C(=O)N2CCCC(O)C2)O1. The van der Waals surface area contributed by atoms with Crippen LogP contribution in [0.1, 0.15) is 25.7 Å². The quantitative estimate of drug-likeness (QED) is 0.689. The number of β-amino-alcohol motifs (C(OH)–C–C–N with tert-alkyl or cyclic N) is 1. The molecule has 2 fully saturated rings. The molecule has 17 heavy (non-hydrogen) atoms. The molecule has 3 unspecified atom stereocenters. The van der Waals surface area contributed by atoms with Crippen molar-refractivity contribution in [3.8, 4) is 0 Å². The van der Waals surface area contributed by atoms with Crippen molar-refractivity contribution in [1.82, 2.24) is 4.90 Å². The van der Waals surface area contributed by atoms with Gasteiger partial charge in [0.05, 0.1) is 6.10 Å². The van der Waals surface area contributed by atoms with E-state index in [-0.39, 0.29) is 5.91 Å². The van der Waals surface area contributed by atoms with E-state index < -0.39 is 24.3 Å². The smallest absolute Gasteiger partial charge is 0.332 e. The first-order chi connectivity index (χ1) is 8.08. The fraction of sp³-hybridized carbons (Fsp3) is 0.818. The first-order valence-corrected chi connectivity index (χ1v) is 5.93. The van der Waals surface area contributed by atoms with E-state index in [1.165, 1.54) is 0 Å². The predicted octanol–water partition coefficient (Wildman–Crippen LogP) is -0.398. The zero-order chi connectivity index (χ0) is 12.4. The summed E-state index contributed by atoms with van der Waals surface area (Å²) in [5, 5.41) is 18.3. The van der Waals surface area contributed by atoms with Crippen molar-refractivity contribution in [1.29, 1.82) is 0 Å². The van der Waals surface area contributed by atoms with Gasteiger partial charge in [0.25, 0.3) is 5.91 Å². The van der Waals surface area contributed by atoms with Crippen molar-refractivity contribution in [2.75, 3.05) is 13.1 Å². The zero-order valence-electron chi connectivity index (χ0n) is 9.54. The largest absolute Gasteiger partial charge is 0.479 e. The van der Waals surface area contributed by atoms with E-state index in [0.29, 0.717) is 32.4 Å². The molecule has 0 radical (unpaired) electrons. The molecule has 6 nitrogen and oxygen atoms in total. The van der Waals surface area contributed by atoms with Gasteiger partial charge in [-0.1, -0.05) is 0 Å². The molecule has 0 aromatic heterocycles. The molecule has 2 saturated heterocycles. The number of carbonyl (C=O) groups is 2. The minimum Gasteiger partial charge on any atom is -0.479 e. The fourth-order valence-corrected chi connectivity index (χ4v) is 2.36. The van der Waals surface area contributed by atoms with Gasteiger partial charge in [0.1, 0.15) is 6.10 Å². The Bertz CT molecular complexity index is 319. The third-order valence-corrected chi connectivity index (χ3v) is 3.28.